The highest BCUT2D eigenvalue weighted by atomic mass is 19.4. The van der Waals surface area contributed by atoms with Gasteiger partial charge in [-0.15, -0.1) is 0 Å². The van der Waals surface area contributed by atoms with Crippen LogP contribution in [0.2, 0.25) is 0 Å². The van der Waals surface area contributed by atoms with Crippen molar-refractivity contribution in [2.75, 3.05) is 26.9 Å². The molecule has 0 unspecified atom stereocenters. The van der Waals surface area contributed by atoms with E-state index in [0.29, 0.717) is 22.6 Å². The zero-order valence-corrected chi connectivity index (χ0v) is 19.7. The Balaban J connectivity index is 2.15. The minimum absolute atomic E-state index is 0.00791. The fourth-order valence-electron chi connectivity index (χ4n) is 4.15. The van der Waals surface area contributed by atoms with Gasteiger partial charge in [-0.2, -0.15) is 13.2 Å². The van der Waals surface area contributed by atoms with E-state index < -0.39 is 23.6 Å². The molecule has 182 valence electrons. The fraction of sp³-hybridized carbons (Fsp3) is 0.360. The Labute approximate surface area is 196 Å². The van der Waals surface area contributed by atoms with Crippen LogP contribution >= 0.6 is 0 Å². The van der Waals surface area contributed by atoms with Gasteiger partial charge >= 0.3 is 12.1 Å². The van der Waals surface area contributed by atoms with Gasteiger partial charge < -0.3 is 18.9 Å². The number of hydrogen-bond donors (Lipinski definition) is 0. The van der Waals surface area contributed by atoms with E-state index in [0.717, 1.165) is 6.07 Å². The quantitative estimate of drug-likeness (QED) is 0.425. The van der Waals surface area contributed by atoms with Crippen molar-refractivity contribution in [3.05, 3.63) is 69.7 Å². The molecule has 0 spiro atoms. The number of esters is 1. The Bertz CT molecular complexity index is 1180. The van der Waals surface area contributed by atoms with Crippen molar-refractivity contribution in [2.45, 2.75) is 33.9 Å². The predicted octanol–water partition coefficient (Wildman–Crippen LogP) is 4.82. The number of hydrogen-bond acceptors (Lipinski definition) is 4. The number of methoxy groups -OCH3 is 1. The third kappa shape index (κ3) is 4.65. The molecule has 0 fully saturated rings. The predicted molar refractivity (Wildman–Crippen MR) is 121 cm³/mol. The first-order chi connectivity index (χ1) is 16.0. The summed E-state index contributed by atoms with van der Waals surface area (Å²) in [6.45, 7) is 7.35. The molecule has 34 heavy (non-hydrogen) atoms. The highest BCUT2D eigenvalue weighted by molar-refractivity contribution is 6.16. The molecule has 0 bridgehead atoms. The number of rotatable bonds is 7. The Morgan fingerprint density at radius 3 is 2.44 bits per heavy atom. The summed E-state index contributed by atoms with van der Waals surface area (Å²) in [5, 5.41) is 0. The first-order valence-corrected chi connectivity index (χ1v) is 10.8. The van der Waals surface area contributed by atoms with Crippen molar-refractivity contribution in [1.29, 1.82) is 0 Å². The molecule has 3 rings (SSSR count). The molecule has 2 heterocycles. The summed E-state index contributed by atoms with van der Waals surface area (Å²) in [4.78, 5) is 27.3. The van der Waals surface area contributed by atoms with Gasteiger partial charge in [0.25, 0.3) is 5.91 Å². The van der Waals surface area contributed by atoms with E-state index in [1.54, 1.807) is 45.9 Å². The molecule has 1 aromatic heterocycles. The van der Waals surface area contributed by atoms with Gasteiger partial charge in [-0.05, 0) is 57.5 Å². The van der Waals surface area contributed by atoms with E-state index in [2.05, 4.69) is 0 Å². The van der Waals surface area contributed by atoms with Gasteiger partial charge in [0.05, 0.1) is 35.6 Å². The van der Waals surface area contributed by atoms with Gasteiger partial charge in [-0.25, -0.2) is 4.79 Å². The molecular formula is C25H27F3N2O4. The third-order valence-electron chi connectivity index (χ3n) is 5.73. The van der Waals surface area contributed by atoms with Crippen LogP contribution in [0.25, 0.3) is 11.8 Å². The molecule has 0 N–H and O–H groups in total. The van der Waals surface area contributed by atoms with Gasteiger partial charge in [-0.1, -0.05) is 12.1 Å². The number of ether oxygens (including phenoxy) is 2. The molecule has 0 atom stereocenters. The maximum Gasteiger partial charge on any atom is 0.418 e. The minimum Gasteiger partial charge on any atom is -0.462 e. The number of aromatic nitrogens is 1. The second-order valence-corrected chi connectivity index (χ2v) is 7.87. The van der Waals surface area contributed by atoms with E-state index in [-0.39, 0.29) is 36.6 Å². The number of para-hydroxylation sites is 1. The molecule has 0 saturated heterocycles. The van der Waals surface area contributed by atoms with Crippen LogP contribution in [0.15, 0.2) is 47.2 Å². The number of aryl methyl sites for hydroxylation is 1. The lowest BCUT2D eigenvalue weighted by molar-refractivity contribution is -0.138. The van der Waals surface area contributed by atoms with E-state index in [1.807, 2.05) is 0 Å². The van der Waals surface area contributed by atoms with Crippen molar-refractivity contribution in [3.8, 4) is 5.69 Å². The molecule has 1 aromatic carbocycles. The lowest BCUT2D eigenvalue weighted by Crippen LogP contribution is -2.28. The molecule has 1 aliphatic rings. The summed E-state index contributed by atoms with van der Waals surface area (Å²) in [5.41, 5.74) is 1.55. The first kappa shape index (κ1) is 25.3. The fourth-order valence-corrected chi connectivity index (χ4v) is 4.15. The van der Waals surface area contributed by atoms with Crippen molar-refractivity contribution in [2.24, 2.45) is 0 Å². The van der Waals surface area contributed by atoms with Gasteiger partial charge in [-0.3, -0.25) is 4.79 Å². The van der Waals surface area contributed by atoms with Crippen LogP contribution < -0.4 is 0 Å². The summed E-state index contributed by atoms with van der Waals surface area (Å²) in [6.07, 6.45) is -2.99. The second kappa shape index (κ2) is 9.89. The first-order valence-electron chi connectivity index (χ1n) is 10.8. The largest absolute Gasteiger partial charge is 0.462 e. The lowest BCUT2D eigenvalue weighted by Gasteiger charge is -2.17. The van der Waals surface area contributed by atoms with Crippen LogP contribution in [-0.2, 0) is 25.2 Å². The molecule has 9 heteroatoms. The molecule has 0 radical (unpaired) electrons. The number of alkyl halides is 3. The van der Waals surface area contributed by atoms with E-state index in [1.165, 1.54) is 28.7 Å². The highest BCUT2D eigenvalue weighted by Crippen LogP contribution is 2.37. The van der Waals surface area contributed by atoms with Crippen LogP contribution in [0.1, 0.15) is 36.4 Å². The van der Waals surface area contributed by atoms with Crippen LogP contribution in [0.5, 0.6) is 0 Å². The van der Waals surface area contributed by atoms with E-state index in [9.17, 15) is 22.8 Å². The Hall–Kier alpha value is -3.33. The molecule has 6 nitrogen and oxygen atoms in total. The van der Waals surface area contributed by atoms with Crippen LogP contribution in [-0.4, -0.2) is 48.2 Å². The normalized spacial score (nSPS) is 15.6. The zero-order valence-electron chi connectivity index (χ0n) is 19.7. The van der Waals surface area contributed by atoms with Crippen molar-refractivity contribution in [1.82, 2.24) is 9.47 Å². The number of nitrogens with zero attached hydrogens (tertiary/aromatic N) is 2. The SMILES string of the molecule is CCOC(=O)C1=C(C)N(CCOC)C(=O)/C1=C\c1cc(C)n(-c2ccccc2C(F)(F)F)c1C. The number of benzene rings is 1. The average Bonchev–Trinajstić information content (AvgIpc) is 3.18. The van der Waals surface area contributed by atoms with E-state index in [4.69, 9.17) is 9.47 Å². The molecule has 1 amide bonds. The molecule has 2 aromatic rings. The van der Waals surface area contributed by atoms with Gasteiger partial charge in [0, 0.05) is 30.7 Å². The maximum atomic E-state index is 13.6. The zero-order chi connectivity index (χ0) is 25.2. The third-order valence-corrected chi connectivity index (χ3v) is 5.73. The molecule has 1 aliphatic heterocycles. The van der Waals surface area contributed by atoms with Gasteiger partial charge in [0.2, 0.25) is 0 Å². The lowest BCUT2D eigenvalue weighted by atomic mass is 10.0. The Morgan fingerprint density at radius 2 is 1.82 bits per heavy atom. The number of amides is 1. The average molecular weight is 476 g/mol. The number of halogens is 3. The Kier molecular flexibility index (Phi) is 7.35. The van der Waals surface area contributed by atoms with Crippen molar-refractivity contribution in [3.63, 3.8) is 0 Å². The summed E-state index contributed by atoms with van der Waals surface area (Å²) in [7, 11) is 1.51. The van der Waals surface area contributed by atoms with Crippen molar-refractivity contribution >= 4 is 18.0 Å². The van der Waals surface area contributed by atoms with E-state index >= 15 is 0 Å². The molecule has 0 aliphatic carbocycles. The van der Waals surface area contributed by atoms with Crippen LogP contribution in [0, 0.1) is 13.8 Å². The van der Waals surface area contributed by atoms with Crippen LogP contribution in [0.3, 0.4) is 0 Å². The molecule has 0 saturated carbocycles. The van der Waals surface area contributed by atoms with Crippen LogP contribution in [0.4, 0.5) is 13.2 Å². The van der Waals surface area contributed by atoms with Gasteiger partial charge in [0.15, 0.2) is 0 Å². The summed E-state index contributed by atoms with van der Waals surface area (Å²) >= 11 is 0. The topological polar surface area (TPSA) is 60.8 Å². The summed E-state index contributed by atoms with van der Waals surface area (Å²) in [5.74, 6) is -1.02. The Morgan fingerprint density at radius 1 is 1.15 bits per heavy atom. The van der Waals surface area contributed by atoms with Gasteiger partial charge in [0.1, 0.15) is 0 Å². The number of carbonyl (C=O) groups excluding carboxylic acids is 2. The monoisotopic (exact) mass is 476 g/mol. The summed E-state index contributed by atoms with van der Waals surface area (Å²) < 4.78 is 52.7. The smallest absolute Gasteiger partial charge is 0.418 e. The molecular weight excluding hydrogens is 449 g/mol. The number of carbonyl (C=O) groups is 2. The maximum absolute atomic E-state index is 13.6. The highest BCUT2D eigenvalue weighted by Gasteiger charge is 2.38. The minimum atomic E-state index is -4.53. The summed E-state index contributed by atoms with van der Waals surface area (Å²) in [6, 6.07) is 7.01. The second-order valence-electron chi connectivity index (χ2n) is 7.87. The standard InChI is InChI=1S/C25H27F3N2O4/c1-6-34-24(32)22-17(4)29(11-12-33-5)23(31)19(22)14-18-13-15(2)30(16(18)3)21-10-8-7-9-20(21)25(26,27)28/h7-10,13-14H,6,11-12H2,1-5H3/b19-14-. The van der Waals surface area contributed by atoms with Crippen molar-refractivity contribution < 1.29 is 32.2 Å². The number of allylic oxidation sites excluding steroid dienone is 1.